The SMILES string of the molecule is CC(C(=O)O)C1Cc2c(Cl)cccc2O1. The van der Waals surface area contributed by atoms with Gasteiger partial charge >= 0.3 is 5.97 Å². The van der Waals surface area contributed by atoms with Crippen LogP contribution in [0.5, 0.6) is 5.75 Å². The second-order valence-electron chi connectivity index (χ2n) is 3.70. The summed E-state index contributed by atoms with van der Waals surface area (Å²) < 4.78 is 5.55. The number of carboxylic acid groups (broad SMARTS) is 1. The third-order valence-corrected chi connectivity index (χ3v) is 3.06. The average Bonchev–Trinajstić information content (AvgIpc) is 2.61. The van der Waals surface area contributed by atoms with Gasteiger partial charge in [0.25, 0.3) is 0 Å². The summed E-state index contributed by atoms with van der Waals surface area (Å²) in [5, 5.41) is 9.52. The molecule has 1 heterocycles. The summed E-state index contributed by atoms with van der Waals surface area (Å²) in [7, 11) is 0. The Balaban J connectivity index is 2.23. The molecule has 2 unspecified atom stereocenters. The number of rotatable bonds is 2. The van der Waals surface area contributed by atoms with E-state index in [9.17, 15) is 4.79 Å². The van der Waals surface area contributed by atoms with E-state index in [2.05, 4.69) is 0 Å². The van der Waals surface area contributed by atoms with Gasteiger partial charge in [-0.1, -0.05) is 17.7 Å². The summed E-state index contributed by atoms with van der Waals surface area (Å²) in [6, 6.07) is 5.41. The van der Waals surface area contributed by atoms with E-state index in [1.54, 1.807) is 19.1 Å². The molecule has 0 aromatic heterocycles. The summed E-state index contributed by atoms with van der Waals surface area (Å²) in [6.45, 7) is 1.65. The minimum atomic E-state index is -0.844. The molecule has 80 valence electrons. The lowest BCUT2D eigenvalue weighted by Gasteiger charge is -2.14. The number of aliphatic carboxylic acids is 1. The lowest BCUT2D eigenvalue weighted by atomic mass is 10.00. The van der Waals surface area contributed by atoms with Crippen molar-refractivity contribution in [3.05, 3.63) is 28.8 Å². The number of ether oxygens (including phenoxy) is 1. The number of fused-ring (bicyclic) bond motifs is 1. The van der Waals surface area contributed by atoms with E-state index >= 15 is 0 Å². The lowest BCUT2D eigenvalue weighted by Crippen LogP contribution is -2.29. The molecule has 0 saturated heterocycles. The maximum Gasteiger partial charge on any atom is 0.309 e. The van der Waals surface area contributed by atoms with Crippen LogP contribution in [0.3, 0.4) is 0 Å². The standard InChI is InChI=1S/C11H11ClO3/c1-6(11(13)14)10-5-7-8(12)3-2-4-9(7)15-10/h2-4,6,10H,5H2,1H3,(H,13,14). The van der Waals surface area contributed by atoms with E-state index in [-0.39, 0.29) is 6.10 Å². The van der Waals surface area contributed by atoms with E-state index in [1.165, 1.54) is 0 Å². The number of carboxylic acids is 1. The van der Waals surface area contributed by atoms with Crippen molar-refractivity contribution in [3.8, 4) is 5.75 Å². The summed E-state index contributed by atoms with van der Waals surface area (Å²) in [6.07, 6.45) is 0.264. The fourth-order valence-corrected chi connectivity index (χ4v) is 1.93. The first-order valence-electron chi connectivity index (χ1n) is 4.76. The minimum Gasteiger partial charge on any atom is -0.489 e. The molecule has 15 heavy (non-hydrogen) atoms. The van der Waals surface area contributed by atoms with Crippen LogP contribution >= 0.6 is 11.6 Å². The van der Waals surface area contributed by atoms with Crippen LogP contribution in [0.15, 0.2) is 18.2 Å². The van der Waals surface area contributed by atoms with Crippen molar-refractivity contribution in [1.82, 2.24) is 0 Å². The number of hydrogen-bond acceptors (Lipinski definition) is 2. The second kappa shape index (κ2) is 3.74. The van der Waals surface area contributed by atoms with Gasteiger partial charge in [0.15, 0.2) is 0 Å². The number of hydrogen-bond donors (Lipinski definition) is 1. The zero-order chi connectivity index (χ0) is 11.0. The number of carbonyl (C=O) groups is 1. The first-order chi connectivity index (χ1) is 7.09. The van der Waals surface area contributed by atoms with E-state index in [1.807, 2.05) is 6.07 Å². The molecule has 2 rings (SSSR count). The van der Waals surface area contributed by atoms with Crippen molar-refractivity contribution in [3.63, 3.8) is 0 Å². The molecule has 0 spiro atoms. The maximum atomic E-state index is 10.8. The number of benzene rings is 1. The molecule has 0 fully saturated rings. The van der Waals surface area contributed by atoms with E-state index in [4.69, 9.17) is 21.4 Å². The Morgan fingerprint density at radius 3 is 3.00 bits per heavy atom. The molecule has 1 aliphatic heterocycles. The topological polar surface area (TPSA) is 46.5 Å². The Kier molecular flexibility index (Phi) is 2.57. The van der Waals surface area contributed by atoms with Crippen molar-refractivity contribution in [1.29, 1.82) is 0 Å². The molecule has 0 bridgehead atoms. The normalized spacial score (nSPS) is 20.5. The van der Waals surface area contributed by atoms with Crippen molar-refractivity contribution < 1.29 is 14.6 Å². The van der Waals surface area contributed by atoms with Gasteiger partial charge in [0.2, 0.25) is 0 Å². The zero-order valence-corrected chi connectivity index (χ0v) is 8.99. The molecular weight excluding hydrogens is 216 g/mol. The van der Waals surface area contributed by atoms with Gasteiger partial charge in [-0.2, -0.15) is 0 Å². The van der Waals surface area contributed by atoms with Crippen molar-refractivity contribution in [2.75, 3.05) is 0 Å². The molecule has 0 radical (unpaired) electrons. The minimum absolute atomic E-state index is 0.308. The van der Waals surface area contributed by atoms with Crippen LogP contribution in [0.1, 0.15) is 12.5 Å². The van der Waals surface area contributed by atoms with Crippen LogP contribution < -0.4 is 4.74 Å². The summed E-state index contributed by atoms with van der Waals surface area (Å²) in [5.74, 6) is -0.655. The predicted molar refractivity (Wildman–Crippen MR) is 56.4 cm³/mol. The molecular formula is C11H11ClO3. The summed E-state index contributed by atoms with van der Waals surface area (Å²) in [5.41, 5.74) is 0.914. The molecule has 1 aromatic rings. The smallest absolute Gasteiger partial charge is 0.309 e. The fourth-order valence-electron chi connectivity index (χ4n) is 1.69. The molecule has 1 aliphatic rings. The first kappa shape index (κ1) is 10.3. The Morgan fingerprint density at radius 2 is 2.40 bits per heavy atom. The number of halogens is 1. The van der Waals surface area contributed by atoms with Gasteiger partial charge in [-0.3, -0.25) is 4.79 Å². The van der Waals surface area contributed by atoms with Crippen molar-refractivity contribution in [2.24, 2.45) is 5.92 Å². The molecule has 0 amide bonds. The maximum absolute atomic E-state index is 10.8. The molecule has 2 atom stereocenters. The lowest BCUT2D eigenvalue weighted by molar-refractivity contribution is -0.143. The summed E-state index contributed by atoms with van der Waals surface area (Å²) in [4.78, 5) is 10.8. The quantitative estimate of drug-likeness (QED) is 0.842. The zero-order valence-electron chi connectivity index (χ0n) is 8.24. The van der Waals surface area contributed by atoms with E-state index in [0.29, 0.717) is 17.2 Å². The monoisotopic (exact) mass is 226 g/mol. The second-order valence-corrected chi connectivity index (χ2v) is 4.11. The Hall–Kier alpha value is -1.22. The van der Waals surface area contributed by atoms with Gasteiger partial charge < -0.3 is 9.84 Å². The molecule has 1 aromatic carbocycles. The molecule has 1 N–H and O–H groups in total. The highest BCUT2D eigenvalue weighted by molar-refractivity contribution is 6.31. The van der Waals surface area contributed by atoms with Crippen molar-refractivity contribution in [2.45, 2.75) is 19.4 Å². The summed E-state index contributed by atoms with van der Waals surface area (Å²) >= 11 is 5.99. The third-order valence-electron chi connectivity index (χ3n) is 2.71. The van der Waals surface area contributed by atoms with Crippen LogP contribution in [0, 0.1) is 5.92 Å². The van der Waals surface area contributed by atoms with Crippen LogP contribution in [-0.2, 0) is 11.2 Å². The Morgan fingerprint density at radius 1 is 1.67 bits per heavy atom. The Labute approximate surface area is 92.6 Å². The van der Waals surface area contributed by atoms with Gasteiger partial charge in [0, 0.05) is 17.0 Å². The van der Waals surface area contributed by atoms with Gasteiger partial charge in [0.1, 0.15) is 11.9 Å². The van der Waals surface area contributed by atoms with Crippen LogP contribution in [0.4, 0.5) is 0 Å². The fraction of sp³-hybridized carbons (Fsp3) is 0.364. The van der Waals surface area contributed by atoms with Crippen molar-refractivity contribution >= 4 is 17.6 Å². The van der Waals surface area contributed by atoms with Gasteiger partial charge in [0.05, 0.1) is 5.92 Å². The molecule has 0 aliphatic carbocycles. The molecule has 4 heteroatoms. The van der Waals surface area contributed by atoms with Crippen LogP contribution in [-0.4, -0.2) is 17.2 Å². The third kappa shape index (κ3) is 1.79. The van der Waals surface area contributed by atoms with Gasteiger partial charge in [-0.15, -0.1) is 0 Å². The highest BCUT2D eigenvalue weighted by Crippen LogP contribution is 2.36. The van der Waals surface area contributed by atoms with Gasteiger partial charge in [-0.25, -0.2) is 0 Å². The molecule has 0 saturated carbocycles. The van der Waals surface area contributed by atoms with Crippen LogP contribution in [0.25, 0.3) is 0 Å². The largest absolute Gasteiger partial charge is 0.489 e. The first-order valence-corrected chi connectivity index (χ1v) is 5.14. The van der Waals surface area contributed by atoms with Gasteiger partial charge in [-0.05, 0) is 19.1 Å². The Bertz CT molecular complexity index is 403. The van der Waals surface area contributed by atoms with Crippen LogP contribution in [0.2, 0.25) is 5.02 Å². The predicted octanol–water partition coefficient (Wildman–Crippen LogP) is 2.36. The highest BCUT2D eigenvalue weighted by Gasteiger charge is 2.32. The highest BCUT2D eigenvalue weighted by atomic mass is 35.5. The van der Waals surface area contributed by atoms with E-state index in [0.717, 1.165) is 5.56 Å². The average molecular weight is 227 g/mol. The molecule has 3 nitrogen and oxygen atoms in total. The van der Waals surface area contributed by atoms with E-state index < -0.39 is 11.9 Å².